The predicted molar refractivity (Wildman–Crippen MR) is 50.2 cm³/mol. The van der Waals surface area contributed by atoms with Gasteiger partial charge in [-0.1, -0.05) is 0 Å². The maximum absolute atomic E-state index is 11.1. The van der Waals surface area contributed by atoms with Gasteiger partial charge in [-0.05, 0) is 12.8 Å². The molecule has 0 aliphatic carbocycles. The highest BCUT2D eigenvalue weighted by molar-refractivity contribution is 5.87. The van der Waals surface area contributed by atoms with E-state index in [-0.39, 0.29) is 24.9 Å². The highest BCUT2D eigenvalue weighted by Crippen LogP contribution is 2.16. The maximum Gasteiger partial charge on any atom is 0.240 e. The molecule has 1 aliphatic heterocycles. The molecule has 1 heterocycles. The molecule has 76 valence electrons. The number of nitrogens with two attached hydrogens (primary N) is 2. The standard InChI is InChI=1S/C7H13N3O2.ClH/c8-4-6(11)10-3-1-2-5(10)7(9)12;/h5H,1-4,8H2,(H2,9,12);1H/t5-;/m0./s1. The molecule has 4 N–H and O–H groups in total. The quantitative estimate of drug-likeness (QED) is 0.599. The van der Waals surface area contributed by atoms with Crippen LogP contribution in [0.1, 0.15) is 12.8 Å². The minimum atomic E-state index is -0.436. The second-order valence-corrected chi connectivity index (χ2v) is 2.85. The topological polar surface area (TPSA) is 89.4 Å². The molecule has 1 saturated heterocycles. The van der Waals surface area contributed by atoms with Crippen molar-refractivity contribution in [3.63, 3.8) is 0 Å². The zero-order chi connectivity index (χ0) is 9.14. The first-order valence-electron chi connectivity index (χ1n) is 3.95. The van der Waals surface area contributed by atoms with E-state index in [1.807, 2.05) is 0 Å². The fraction of sp³-hybridized carbons (Fsp3) is 0.714. The van der Waals surface area contributed by atoms with Crippen LogP contribution in [0.5, 0.6) is 0 Å². The molecule has 0 bridgehead atoms. The van der Waals surface area contributed by atoms with Crippen LogP contribution in [0.3, 0.4) is 0 Å². The van der Waals surface area contributed by atoms with Crippen molar-refractivity contribution >= 4 is 24.2 Å². The Hall–Kier alpha value is -0.810. The number of primary amides is 1. The second kappa shape index (κ2) is 5.04. The maximum atomic E-state index is 11.1. The van der Waals surface area contributed by atoms with Crippen molar-refractivity contribution in [1.29, 1.82) is 0 Å². The first-order valence-corrected chi connectivity index (χ1v) is 3.95. The monoisotopic (exact) mass is 207 g/mol. The van der Waals surface area contributed by atoms with Gasteiger partial charge in [0, 0.05) is 6.54 Å². The Balaban J connectivity index is 0.00000144. The molecule has 0 radical (unpaired) electrons. The molecule has 1 atom stereocenters. The largest absolute Gasteiger partial charge is 0.368 e. The smallest absolute Gasteiger partial charge is 0.240 e. The SMILES string of the molecule is Cl.NCC(=O)N1CCC[C@H]1C(N)=O. The summed E-state index contributed by atoms with van der Waals surface area (Å²) >= 11 is 0. The lowest BCUT2D eigenvalue weighted by Gasteiger charge is -2.20. The lowest BCUT2D eigenvalue weighted by Crippen LogP contribution is -2.45. The molecule has 5 nitrogen and oxygen atoms in total. The summed E-state index contributed by atoms with van der Waals surface area (Å²) in [6.45, 7) is 0.549. The van der Waals surface area contributed by atoms with Crippen LogP contribution in [0.15, 0.2) is 0 Å². The minimum Gasteiger partial charge on any atom is -0.368 e. The van der Waals surface area contributed by atoms with Crippen molar-refractivity contribution in [3.05, 3.63) is 0 Å². The van der Waals surface area contributed by atoms with E-state index in [0.29, 0.717) is 13.0 Å². The van der Waals surface area contributed by atoms with Gasteiger partial charge >= 0.3 is 0 Å². The fourth-order valence-electron chi connectivity index (χ4n) is 1.48. The van der Waals surface area contributed by atoms with Gasteiger partial charge in [0.15, 0.2) is 0 Å². The Morgan fingerprint density at radius 1 is 1.46 bits per heavy atom. The van der Waals surface area contributed by atoms with Crippen molar-refractivity contribution in [3.8, 4) is 0 Å². The number of amides is 2. The van der Waals surface area contributed by atoms with Crippen LogP contribution < -0.4 is 11.5 Å². The number of rotatable bonds is 2. The molecule has 13 heavy (non-hydrogen) atoms. The van der Waals surface area contributed by atoms with Gasteiger partial charge in [0.1, 0.15) is 6.04 Å². The van der Waals surface area contributed by atoms with Crippen molar-refractivity contribution in [2.75, 3.05) is 13.1 Å². The summed E-state index contributed by atoms with van der Waals surface area (Å²) in [7, 11) is 0. The van der Waals surface area contributed by atoms with Crippen molar-refractivity contribution in [2.24, 2.45) is 11.5 Å². The van der Waals surface area contributed by atoms with Crippen molar-refractivity contribution in [2.45, 2.75) is 18.9 Å². The van der Waals surface area contributed by atoms with Crippen LogP contribution in [0.2, 0.25) is 0 Å². The molecule has 2 amide bonds. The summed E-state index contributed by atoms with van der Waals surface area (Å²) in [4.78, 5) is 23.4. The summed E-state index contributed by atoms with van der Waals surface area (Å²) in [6.07, 6.45) is 1.50. The molecule has 0 unspecified atom stereocenters. The molecule has 1 aliphatic rings. The normalized spacial score (nSPS) is 21.0. The first kappa shape index (κ1) is 12.2. The number of carbonyl (C=O) groups is 2. The third-order valence-corrected chi connectivity index (χ3v) is 2.08. The molecule has 1 rings (SSSR count). The summed E-state index contributed by atoms with van der Waals surface area (Å²) in [5.41, 5.74) is 10.3. The van der Waals surface area contributed by atoms with E-state index in [9.17, 15) is 9.59 Å². The van der Waals surface area contributed by atoms with Gasteiger partial charge < -0.3 is 16.4 Å². The average molecular weight is 208 g/mol. The zero-order valence-electron chi connectivity index (χ0n) is 7.23. The second-order valence-electron chi connectivity index (χ2n) is 2.85. The Kier molecular flexibility index (Phi) is 4.72. The van der Waals surface area contributed by atoms with Crippen molar-refractivity contribution in [1.82, 2.24) is 4.90 Å². The third-order valence-electron chi connectivity index (χ3n) is 2.08. The summed E-state index contributed by atoms with van der Waals surface area (Å²) in [6, 6.07) is -0.430. The Morgan fingerprint density at radius 2 is 2.08 bits per heavy atom. The molecule has 0 aromatic heterocycles. The lowest BCUT2D eigenvalue weighted by molar-refractivity contribution is -0.136. The number of halogens is 1. The van der Waals surface area contributed by atoms with Gasteiger partial charge in [0.2, 0.25) is 11.8 Å². The van der Waals surface area contributed by atoms with E-state index < -0.39 is 11.9 Å². The van der Waals surface area contributed by atoms with Gasteiger partial charge in [-0.15, -0.1) is 12.4 Å². The third kappa shape index (κ3) is 2.57. The van der Waals surface area contributed by atoms with Crippen LogP contribution in [0.4, 0.5) is 0 Å². The molecule has 6 heteroatoms. The first-order chi connectivity index (χ1) is 5.66. The molecule has 0 aromatic rings. The van der Waals surface area contributed by atoms with Crippen LogP contribution >= 0.6 is 12.4 Å². The number of nitrogens with zero attached hydrogens (tertiary/aromatic N) is 1. The number of carbonyl (C=O) groups excluding carboxylic acids is 2. The van der Waals surface area contributed by atoms with Gasteiger partial charge in [-0.3, -0.25) is 9.59 Å². The highest BCUT2D eigenvalue weighted by atomic mass is 35.5. The number of hydrogen-bond donors (Lipinski definition) is 2. The summed E-state index contributed by atoms with van der Waals surface area (Å²) in [5, 5.41) is 0. The van der Waals surface area contributed by atoms with Gasteiger partial charge in [0.05, 0.1) is 6.54 Å². The Labute approximate surface area is 82.8 Å². The van der Waals surface area contributed by atoms with E-state index in [1.165, 1.54) is 4.90 Å². The van der Waals surface area contributed by atoms with E-state index in [4.69, 9.17) is 11.5 Å². The Bertz CT molecular complexity index is 210. The molecular weight excluding hydrogens is 194 g/mol. The average Bonchev–Trinajstić information content (AvgIpc) is 2.50. The van der Waals surface area contributed by atoms with E-state index in [1.54, 1.807) is 0 Å². The van der Waals surface area contributed by atoms with Gasteiger partial charge in [-0.2, -0.15) is 0 Å². The molecular formula is C7H14ClN3O2. The highest BCUT2D eigenvalue weighted by Gasteiger charge is 2.31. The molecule has 1 fully saturated rings. The molecule has 0 spiro atoms. The lowest BCUT2D eigenvalue weighted by atomic mass is 10.2. The van der Waals surface area contributed by atoms with Crippen LogP contribution in [0, 0.1) is 0 Å². The summed E-state index contributed by atoms with van der Waals surface area (Å²) < 4.78 is 0. The zero-order valence-corrected chi connectivity index (χ0v) is 8.05. The number of hydrogen-bond acceptors (Lipinski definition) is 3. The fourth-order valence-corrected chi connectivity index (χ4v) is 1.48. The van der Waals surface area contributed by atoms with Crippen LogP contribution in [-0.4, -0.2) is 35.8 Å². The van der Waals surface area contributed by atoms with Gasteiger partial charge in [-0.25, -0.2) is 0 Å². The van der Waals surface area contributed by atoms with E-state index in [2.05, 4.69) is 0 Å². The van der Waals surface area contributed by atoms with E-state index in [0.717, 1.165) is 6.42 Å². The summed E-state index contributed by atoms with van der Waals surface area (Å²) in [5.74, 6) is -0.634. The van der Waals surface area contributed by atoms with E-state index >= 15 is 0 Å². The van der Waals surface area contributed by atoms with Crippen LogP contribution in [0.25, 0.3) is 0 Å². The molecule has 0 saturated carbocycles. The van der Waals surface area contributed by atoms with Crippen LogP contribution in [-0.2, 0) is 9.59 Å². The van der Waals surface area contributed by atoms with Crippen molar-refractivity contribution < 1.29 is 9.59 Å². The molecule has 0 aromatic carbocycles. The minimum absolute atomic E-state index is 0. The van der Waals surface area contributed by atoms with Gasteiger partial charge in [0.25, 0.3) is 0 Å². The Morgan fingerprint density at radius 3 is 2.54 bits per heavy atom. The number of likely N-dealkylation sites (tertiary alicyclic amines) is 1. The predicted octanol–water partition coefficient (Wildman–Crippen LogP) is -1.16.